The zero-order valence-corrected chi connectivity index (χ0v) is 10.7. The van der Waals surface area contributed by atoms with E-state index in [1.807, 2.05) is 0 Å². The van der Waals surface area contributed by atoms with Gasteiger partial charge in [-0.25, -0.2) is 14.8 Å². The smallest absolute Gasteiger partial charge is 0.318 e. The lowest BCUT2D eigenvalue weighted by molar-refractivity contribution is 0.126. The van der Waals surface area contributed by atoms with Crippen LogP contribution < -0.4 is 16.4 Å². The molecule has 7 nitrogen and oxygen atoms in total. The van der Waals surface area contributed by atoms with Crippen LogP contribution in [0.2, 0.25) is 5.02 Å². The van der Waals surface area contributed by atoms with E-state index in [0.717, 1.165) is 0 Å². The number of primary amides is 1. The second-order valence-electron chi connectivity index (χ2n) is 3.26. The molecule has 0 saturated heterocycles. The number of rotatable bonds is 3. The van der Waals surface area contributed by atoms with Crippen LogP contribution in [0.25, 0.3) is 0 Å². The summed E-state index contributed by atoms with van der Waals surface area (Å²) < 4.78 is 4.96. The number of nitrogens with one attached hydrogen (secondary N) is 2. The second-order valence-corrected chi connectivity index (χ2v) is 3.67. The minimum absolute atomic E-state index is 0.109. The van der Waals surface area contributed by atoms with Crippen LogP contribution in [-0.4, -0.2) is 30.3 Å². The van der Waals surface area contributed by atoms with E-state index in [0.29, 0.717) is 10.8 Å². The van der Waals surface area contributed by atoms with Crippen molar-refractivity contribution in [2.24, 2.45) is 10.7 Å². The average Bonchev–Trinajstić information content (AvgIpc) is 2.31. The Bertz CT molecular complexity index is 452. The molecule has 18 heavy (non-hydrogen) atoms. The largest absolute Gasteiger partial charge is 0.360 e. The van der Waals surface area contributed by atoms with E-state index >= 15 is 0 Å². The van der Waals surface area contributed by atoms with Crippen molar-refractivity contribution in [3.63, 3.8) is 0 Å². The Balaban J connectivity index is 2.88. The van der Waals surface area contributed by atoms with Crippen LogP contribution in [0.5, 0.6) is 0 Å². The van der Waals surface area contributed by atoms with E-state index < -0.39 is 12.3 Å². The van der Waals surface area contributed by atoms with Gasteiger partial charge in [-0.1, -0.05) is 11.6 Å². The molecule has 0 saturated carbocycles. The first-order valence-electron chi connectivity index (χ1n) is 5.07. The quantitative estimate of drug-likeness (QED) is 0.567. The molecule has 98 valence electrons. The molecule has 0 aliphatic heterocycles. The molecule has 0 aliphatic carbocycles. The number of hydrogen-bond acceptors (Lipinski definition) is 4. The number of nitrogens with two attached hydrogens (primary N) is 1. The molecule has 0 spiro atoms. The number of aromatic nitrogens is 1. The van der Waals surface area contributed by atoms with Crippen molar-refractivity contribution in [1.82, 2.24) is 10.3 Å². The standard InChI is InChI=1S/C10H14ClN5O2/c1-6(18-2)14-10(16-9(12)17)15-8-7(11)4-3-5-13-8/h3-6H,1-2H3,(H4,12,13,14,15,16,17). The van der Waals surface area contributed by atoms with Crippen LogP contribution in [0.4, 0.5) is 10.6 Å². The first kappa shape index (κ1) is 14.2. The van der Waals surface area contributed by atoms with Gasteiger partial charge >= 0.3 is 6.03 Å². The van der Waals surface area contributed by atoms with Gasteiger partial charge in [-0.3, -0.25) is 5.32 Å². The SMILES string of the molecule is COC(C)/N=C(\NC(N)=O)Nc1ncccc1Cl. The minimum atomic E-state index is -0.753. The van der Waals surface area contributed by atoms with E-state index in [9.17, 15) is 4.79 Å². The Labute approximate surface area is 109 Å². The Kier molecular flexibility index (Phi) is 5.34. The highest BCUT2D eigenvalue weighted by molar-refractivity contribution is 6.33. The normalized spacial score (nSPS) is 12.9. The van der Waals surface area contributed by atoms with E-state index in [1.54, 1.807) is 25.3 Å². The first-order chi connectivity index (χ1) is 8.52. The van der Waals surface area contributed by atoms with Gasteiger partial charge in [-0.15, -0.1) is 0 Å². The van der Waals surface area contributed by atoms with Crippen molar-refractivity contribution in [2.75, 3.05) is 12.4 Å². The van der Waals surface area contributed by atoms with Gasteiger partial charge in [0.2, 0.25) is 5.96 Å². The molecule has 1 atom stereocenters. The summed E-state index contributed by atoms with van der Waals surface area (Å²) in [5.41, 5.74) is 5.04. The molecular formula is C10H14ClN5O2. The van der Waals surface area contributed by atoms with Gasteiger partial charge < -0.3 is 15.8 Å². The number of guanidine groups is 1. The molecule has 0 bridgehead atoms. The van der Waals surface area contributed by atoms with Crippen molar-refractivity contribution in [2.45, 2.75) is 13.2 Å². The fourth-order valence-corrected chi connectivity index (χ4v) is 1.21. The highest BCUT2D eigenvalue weighted by Gasteiger charge is 2.08. The predicted molar refractivity (Wildman–Crippen MR) is 69.5 cm³/mol. The molecule has 0 aliphatic rings. The van der Waals surface area contributed by atoms with Crippen LogP contribution in [0.15, 0.2) is 23.3 Å². The third-order valence-electron chi connectivity index (χ3n) is 1.89. The number of pyridine rings is 1. The molecule has 4 N–H and O–H groups in total. The molecular weight excluding hydrogens is 258 g/mol. The van der Waals surface area contributed by atoms with Crippen molar-refractivity contribution >= 4 is 29.4 Å². The maximum atomic E-state index is 10.9. The molecule has 1 unspecified atom stereocenters. The monoisotopic (exact) mass is 271 g/mol. The van der Waals surface area contributed by atoms with Crippen LogP contribution in [0.3, 0.4) is 0 Å². The number of methoxy groups -OCH3 is 1. The minimum Gasteiger partial charge on any atom is -0.360 e. The molecule has 0 radical (unpaired) electrons. The molecule has 0 fully saturated rings. The highest BCUT2D eigenvalue weighted by atomic mass is 35.5. The maximum Gasteiger partial charge on any atom is 0.318 e. The van der Waals surface area contributed by atoms with Gasteiger partial charge in [-0.2, -0.15) is 0 Å². The predicted octanol–water partition coefficient (Wildman–Crippen LogP) is 1.16. The zero-order chi connectivity index (χ0) is 13.5. The summed E-state index contributed by atoms with van der Waals surface area (Å²) in [5, 5.41) is 5.47. The molecule has 1 aromatic heterocycles. The number of carbonyl (C=O) groups is 1. The van der Waals surface area contributed by atoms with Gasteiger partial charge in [0.25, 0.3) is 0 Å². The molecule has 0 aromatic carbocycles. The van der Waals surface area contributed by atoms with Crippen molar-refractivity contribution < 1.29 is 9.53 Å². The summed E-state index contributed by atoms with van der Waals surface area (Å²) in [6.07, 6.45) is 1.09. The summed E-state index contributed by atoms with van der Waals surface area (Å²) in [7, 11) is 1.49. The lowest BCUT2D eigenvalue weighted by Crippen LogP contribution is -2.40. The Morgan fingerprint density at radius 2 is 2.39 bits per heavy atom. The Hall–Kier alpha value is -1.86. The lowest BCUT2D eigenvalue weighted by Gasteiger charge is -2.12. The van der Waals surface area contributed by atoms with E-state index in [1.165, 1.54) is 7.11 Å². The Morgan fingerprint density at radius 3 is 2.94 bits per heavy atom. The molecule has 2 amide bonds. The molecule has 1 rings (SSSR count). The summed E-state index contributed by atoms with van der Waals surface area (Å²) in [5.74, 6) is 0.465. The third kappa shape index (κ3) is 4.56. The van der Waals surface area contributed by atoms with Gasteiger partial charge in [0.1, 0.15) is 6.23 Å². The summed E-state index contributed by atoms with van der Waals surface area (Å²) in [4.78, 5) is 18.9. The number of nitrogens with zero attached hydrogens (tertiary/aromatic N) is 2. The topological polar surface area (TPSA) is 102 Å². The maximum absolute atomic E-state index is 10.9. The van der Waals surface area contributed by atoms with Gasteiger partial charge in [-0.05, 0) is 19.1 Å². The molecule has 1 heterocycles. The number of anilines is 1. The zero-order valence-electron chi connectivity index (χ0n) is 9.98. The van der Waals surface area contributed by atoms with Crippen LogP contribution in [-0.2, 0) is 4.74 Å². The fraction of sp³-hybridized carbons (Fsp3) is 0.300. The Morgan fingerprint density at radius 1 is 1.67 bits per heavy atom. The van der Waals surface area contributed by atoms with Crippen LogP contribution >= 0.6 is 11.6 Å². The summed E-state index contributed by atoms with van der Waals surface area (Å²) in [6.45, 7) is 1.70. The van der Waals surface area contributed by atoms with E-state index in [4.69, 9.17) is 22.1 Å². The number of ether oxygens (including phenoxy) is 1. The number of halogens is 1. The van der Waals surface area contributed by atoms with Crippen LogP contribution in [0.1, 0.15) is 6.92 Å². The first-order valence-corrected chi connectivity index (χ1v) is 5.45. The second kappa shape index (κ2) is 6.77. The summed E-state index contributed by atoms with van der Waals surface area (Å²) in [6, 6.07) is 2.58. The number of amides is 2. The third-order valence-corrected chi connectivity index (χ3v) is 2.19. The number of urea groups is 1. The van der Waals surface area contributed by atoms with Gasteiger partial charge in [0.15, 0.2) is 5.82 Å². The number of carbonyl (C=O) groups excluding carboxylic acids is 1. The van der Waals surface area contributed by atoms with Gasteiger partial charge in [0.05, 0.1) is 5.02 Å². The van der Waals surface area contributed by atoms with Gasteiger partial charge in [0, 0.05) is 13.3 Å². The molecule has 8 heteroatoms. The lowest BCUT2D eigenvalue weighted by atomic mass is 10.4. The molecule has 1 aromatic rings. The van der Waals surface area contributed by atoms with E-state index in [-0.39, 0.29) is 5.96 Å². The summed E-state index contributed by atoms with van der Waals surface area (Å²) >= 11 is 5.92. The van der Waals surface area contributed by atoms with Crippen molar-refractivity contribution in [3.05, 3.63) is 23.4 Å². The van der Waals surface area contributed by atoms with Crippen molar-refractivity contribution in [3.8, 4) is 0 Å². The van der Waals surface area contributed by atoms with Crippen molar-refractivity contribution in [1.29, 1.82) is 0 Å². The fourth-order valence-electron chi connectivity index (χ4n) is 1.04. The van der Waals surface area contributed by atoms with E-state index in [2.05, 4.69) is 20.6 Å². The highest BCUT2D eigenvalue weighted by Crippen LogP contribution is 2.17. The average molecular weight is 272 g/mol. The van der Waals surface area contributed by atoms with Crippen LogP contribution in [0, 0.1) is 0 Å². The number of aliphatic imine (C=N–C) groups is 1. The number of hydrogen-bond donors (Lipinski definition) is 3.